The molecule has 0 amide bonds. The Bertz CT molecular complexity index is 2270. The van der Waals surface area contributed by atoms with Crippen LogP contribution < -0.4 is 0 Å². The molecule has 0 radical (unpaired) electrons. The normalized spacial score (nSPS) is 11.5. The largest absolute Gasteiger partial charge is 0.309 e. The smallest absolute Gasteiger partial charge is 0.0991 e. The molecule has 0 unspecified atom stereocenters. The lowest BCUT2D eigenvalue weighted by molar-refractivity contribution is 1.17. The van der Waals surface area contributed by atoms with Gasteiger partial charge in [0.2, 0.25) is 0 Å². The molecule has 0 atom stereocenters. The van der Waals surface area contributed by atoms with Crippen molar-refractivity contribution in [1.82, 2.24) is 9.13 Å². The van der Waals surface area contributed by atoms with E-state index in [4.69, 9.17) is 5.26 Å². The highest BCUT2D eigenvalue weighted by atomic mass is 32.2. The molecule has 2 aromatic heterocycles. The number of fused-ring (bicyclic) bond motifs is 7. The Morgan fingerprint density at radius 3 is 1.76 bits per heavy atom. The van der Waals surface area contributed by atoms with Gasteiger partial charge in [-0.1, -0.05) is 72.4 Å². The summed E-state index contributed by atoms with van der Waals surface area (Å²) in [5, 5.41) is 14.1. The van der Waals surface area contributed by atoms with Gasteiger partial charge < -0.3 is 9.13 Å². The van der Waals surface area contributed by atoms with Gasteiger partial charge in [-0.05, 0) is 78.9 Å². The van der Waals surface area contributed by atoms with Gasteiger partial charge in [0, 0.05) is 42.7 Å². The summed E-state index contributed by atoms with van der Waals surface area (Å²) in [5.74, 6) is 0. The van der Waals surface area contributed by atoms with E-state index in [0.717, 1.165) is 21.2 Å². The van der Waals surface area contributed by atoms with E-state index in [1.807, 2.05) is 24.3 Å². The average molecular weight is 542 g/mol. The minimum absolute atomic E-state index is 0.677. The second-order valence-corrected chi connectivity index (χ2v) is 11.3. The van der Waals surface area contributed by atoms with E-state index in [-0.39, 0.29) is 0 Å². The zero-order valence-corrected chi connectivity index (χ0v) is 22.8. The van der Waals surface area contributed by atoms with Crippen molar-refractivity contribution in [3.63, 3.8) is 0 Å². The number of aromatic nitrogens is 2. The quantitative estimate of drug-likeness (QED) is 0.222. The second kappa shape index (κ2) is 9.45. The Balaban J connectivity index is 1.38. The van der Waals surface area contributed by atoms with Crippen LogP contribution in [0.2, 0.25) is 0 Å². The lowest BCUT2D eigenvalue weighted by atomic mass is 10.1. The van der Waals surface area contributed by atoms with E-state index in [0.29, 0.717) is 5.56 Å². The average Bonchev–Trinajstić information content (AvgIpc) is 3.55. The summed E-state index contributed by atoms with van der Waals surface area (Å²) in [7, 11) is 0. The first-order valence-electron chi connectivity index (χ1n) is 13.6. The first-order chi connectivity index (χ1) is 20.3. The molecule has 8 rings (SSSR count). The predicted molar refractivity (Wildman–Crippen MR) is 170 cm³/mol. The molecule has 0 bridgehead atoms. The molecule has 4 heteroatoms. The van der Waals surface area contributed by atoms with Crippen LogP contribution in [0, 0.1) is 11.3 Å². The van der Waals surface area contributed by atoms with E-state index in [1.54, 1.807) is 11.8 Å². The molecule has 0 aliphatic heterocycles. The summed E-state index contributed by atoms with van der Waals surface area (Å²) < 4.78 is 4.80. The highest BCUT2D eigenvalue weighted by molar-refractivity contribution is 7.99. The Morgan fingerprint density at radius 1 is 0.463 bits per heavy atom. The molecule has 192 valence electrons. The summed E-state index contributed by atoms with van der Waals surface area (Å²) in [5.41, 5.74) is 7.78. The molecule has 0 saturated carbocycles. The van der Waals surface area contributed by atoms with Gasteiger partial charge in [-0.2, -0.15) is 5.26 Å². The van der Waals surface area contributed by atoms with Crippen LogP contribution >= 0.6 is 11.8 Å². The number of hydrogen-bond acceptors (Lipinski definition) is 2. The standard InChI is InChI=1S/C37H23N3S/c38-24-25-14-18-28(19-15-25)41-29-20-16-27(17-21-29)40-33-12-6-4-10-30(33)31-22-23-35-36(37(31)40)32-11-5-7-13-34(32)39(35)26-8-2-1-3-9-26/h1-23H. The molecule has 41 heavy (non-hydrogen) atoms. The molecule has 0 saturated heterocycles. The Kier molecular flexibility index (Phi) is 5.44. The molecule has 0 aliphatic carbocycles. The van der Waals surface area contributed by atoms with Gasteiger partial charge in [0.1, 0.15) is 0 Å². The fourth-order valence-corrected chi connectivity index (χ4v) is 6.85. The fourth-order valence-electron chi connectivity index (χ4n) is 6.03. The molecule has 0 spiro atoms. The van der Waals surface area contributed by atoms with Crippen molar-refractivity contribution in [3.05, 3.63) is 145 Å². The van der Waals surface area contributed by atoms with Gasteiger partial charge >= 0.3 is 0 Å². The Hall–Kier alpha value is -5.24. The van der Waals surface area contributed by atoms with Crippen molar-refractivity contribution in [2.75, 3.05) is 0 Å². The third-order valence-electron chi connectivity index (χ3n) is 7.80. The van der Waals surface area contributed by atoms with Crippen molar-refractivity contribution >= 4 is 55.4 Å². The van der Waals surface area contributed by atoms with Crippen molar-refractivity contribution in [3.8, 4) is 17.4 Å². The zero-order valence-electron chi connectivity index (χ0n) is 22.0. The van der Waals surface area contributed by atoms with E-state index >= 15 is 0 Å². The van der Waals surface area contributed by atoms with Gasteiger partial charge in [0.25, 0.3) is 0 Å². The van der Waals surface area contributed by atoms with Crippen LogP contribution in [0.25, 0.3) is 55.0 Å². The minimum atomic E-state index is 0.677. The summed E-state index contributed by atoms with van der Waals surface area (Å²) in [4.78, 5) is 2.27. The summed E-state index contributed by atoms with van der Waals surface area (Å²) in [6.07, 6.45) is 0. The van der Waals surface area contributed by atoms with E-state index in [9.17, 15) is 0 Å². The fraction of sp³-hybridized carbons (Fsp3) is 0. The van der Waals surface area contributed by atoms with Crippen LogP contribution in [0.4, 0.5) is 0 Å². The first-order valence-corrected chi connectivity index (χ1v) is 14.4. The second-order valence-electron chi connectivity index (χ2n) is 10.1. The maximum Gasteiger partial charge on any atom is 0.0991 e. The predicted octanol–water partition coefficient (Wildman–Crippen LogP) is 9.90. The van der Waals surface area contributed by atoms with E-state index in [2.05, 4.69) is 130 Å². The van der Waals surface area contributed by atoms with Crippen molar-refractivity contribution in [1.29, 1.82) is 5.26 Å². The highest BCUT2D eigenvalue weighted by Crippen LogP contribution is 2.42. The van der Waals surface area contributed by atoms with Crippen LogP contribution in [0.3, 0.4) is 0 Å². The molecule has 0 aliphatic rings. The maximum atomic E-state index is 9.11. The monoisotopic (exact) mass is 541 g/mol. The van der Waals surface area contributed by atoms with Crippen LogP contribution in [0.1, 0.15) is 5.56 Å². The van der Waals surface area contributed by atoms with Gasteiger partial charge in [0.05, 0.1) is 33.7 Å². The lowest BCUT2D eigenvalue weighted by Gasteiger charge is -2.11. The Labute approximate surface area is 241 Å². The molecular weight excluding hydrogens is 518 g/mol. The number of nitriles is 1. The van der Waals surface area contributed by atoms with Gasteiger partial charge in [0.15, 0.2) is 0 Å². The number of benzene rings is 6. The van der Waals surface area contributed by atoms with E-state index < -0.39 is 0 Å². The van der Waals surface area contributed by atoms with Crippen LogP contribution in [0.5, 0.6) is 0 Å². The molecule has 6 aromatic carbocycles. The highest BCUT2D eigenvalue weighted by Gasteiger charge is 2.20. The third-order valence-corrected chi connectivity index (χ3v) is 8.81. The zero-order chi connectivity index (χ0) is 27.3. The number of rotatable bonds is 4. The number of hydrogen-bond donors (Lipinski definition) is 0. The van der Waals surface area contributed by atoms with Gasteiger partial charge in [-0.25, -0.2) is 0 Å². The van der Waals surface area contributed by atoms with Crippen LogP contribution in [-0.4, -0.2) is 9.13 Å². The van der Waals surface area contributed by atoms with Crippen LogP contribution in [0.15, 0.2) is 149 Å². The SMILES string of the molecule is N#Cc1ccc(Sc2ccc(-n3c4ccccc4c4ccc5c(c6ccccc6n5-c5ccccc5)c43)cc2)cc1. The first kappa shape index (κ1) is 23.6. The topological polar surface area (TPSA) is 33.6 Å². The van der Waals surface area contributed by atoms with E-state index in [1.165, 1.54) is 43.6 Å². The third kappa shape index (κ3) is 3.75. The molecule has 0 N–H and O–H groups in total. The van der Waals surface area contributed by atoms with Crippen molar-refractivity contribution in [2.24, 2.45) is 0 Å². The lowest BCUT2D eigenvalue weighted by Crippen LogP contribution is -1.95. The summed E-state index contributed by atoms with van der Waals surface area (Å²) in [6.45, 7) is 0. The maximum absolute atomic E-state index is 9.11. The molecule has 0 fully saturated rings. The molecule has 8 aromatic rings. The summed E-state index contributed by atoms with van der Waals surface area (Å²) in [6, 6.07) is 51.3. The van der Waals surface area contributed by atoms with Crippen molar-refractivity contribution in [2.45, 2.75) is 9.79 Å². The van der Waals surface area contributed by atoms with Crippen LogP contribution in [-0.2, 0) is 0 Å². The minimum Gasteiger partial charge on any atom is -0.309 e. The summed E-state index contributed by atoms with van der Waals surface area (Å²) >= 11 is 1.70. The van der Waals surface area contributed by atoms with Crippen molar-refractivity contribution < 1.29 is 0 Å². The molecular formula is C37H23N3S. The number of para-hydroxylation sites is 3. The molecule has 2 heterocycles. The van der Waals surface area contributed by atoms with Gasteiger partial charge in [-0.15, -0.1) is 0 Å². The van der Waals surface area contributed by atoms with Gasteiger partial charge in [-0.3, -0.25) is 0 Å². The molecule has 3 nitrogen and oxygen atoms in total. The Morgan fingerprint density at radius 2 is 1.05 bits per heavy atom. The number of nitrogens with zero attached hydrogens (tertiary/aromatic N) is 3.